The van der Waals surface area contributed by atoms with E-state index in [1.165, 1.54) is 6.92 Å². The van der Waals surface area contributed by atoms with Crippen LogP contribution >= 0.6 is 0 Å². The van der Waals surface area contributed by atoms with Crippen LogP contribution in [0.15, 0.2) is 4.79 Å². The molecule has 0 radical (unpaired) electrons. The maximum Gasteiger partial charge on any atom is 0.336 e. The Labute approximate surface area is 85.6 Å². The summed E-state index contributed by atoms with van der Waals surface area (Å²) in [5.74, 6) is -1.04. The fraction of sp³-hybridized carbons (Fsp3) is 0.273. The molecule has 1 aromatic heterocycles. The first-order valence-corrected chi connectivity index (χ1v) is 4.78. The number of nitrogens with one attached hydrogen (secondary N) is 1. The zero-order chi connectivity index (χ0) is 11.0. The van der Waals surface area contributed by atoms with Crippen LogP contribution in [0.3, 0.4) is 0 Å². The molecule has 4 heteroatoms. The average molecular weight is 205 g/mol. The van der Waals surface area contributed by atoms with Gasteiger partial charge >= 0.3 is 5.97 Å². The fourth-order valence-corrected chi connectivity index (χ4v) is 1.84. The molecule has 0 spiro atoms. The lowest BCUT2D eigenvalue weighted by Gasteiger charge is -2.05. The lowest BCUT2D eigenvalue weighted by Crippen LogP contribution is -2.41. The van der Waals surface area contributed by atoms with Gasteiger partial charge in [0.15, 0.2) is 0 Å². The summed E-state index contributed by atoms with van der Waals surface area (Å²) >= 11 is 0. The molecule has 0 saturated heterocycles. The molecular weight excluding hydrogens is 194 g/mol. The first kappa shape index (κ1) is 9.71. The third-order valence-corrected chi connectivity index (χ3v) is 2.60. The molecule has 1 aliphatic rings. The van der Waals surface area contributed by atoms with Crippen LogP contribution in [0.2, 0.25) is 0 Å². The normalized spacial score (nSPS) is 13.7. The van der Waals surface area contributed by atoms with Crippen LogP contribution in [-0.2, 0) is 0 Å². The van der Waals surface area contributed by atoms with Gasteiger partial charge in [-0.25, -0.2) is 4.79 Å². The monoisotopic (exact) mass is 205 g/mol. The minimum atomic E-state index is -1.04. The van der Waals surface area contributed by atoms with Gasteiger partial charge in [-0.15, -0.1) is 0 Å². The average Bonchev–Trinajstić information content (AvgIpc) is 2.19. The van der Waals surface area contributed by atoms with Crippen molar-refractivity contribution in [1.29, 1.82) is 0 Å². The van der Waals surface area contributed by atoms with Gasteiger partial charge in [-0.05, 0) is 19.8 Å². The van der Waals surface area contributed by atoms with Crippen molar-refractivity contribution in [2.24, 2.45) is 0 Å². The number of H-pyrrole nitrogens is 1. The number of aromatic amines is 1. The number of carboxylic acids is 1. The van der Waals surface area contributed by atoms with Gasteiger partial charge in [0.25, 0.3) is 5.56 Å². The van der Waals surface area contributed by atoms with Crippen molar-refractivity contribution in [2.75, 3.05) is 0 Å². The summed E-state index contributed by atoms with van der Waals surface area (Å²) in [6.45, 7) is 1.53. The predicted octanol–water partition coefficient (Wildman–Crippen LogP) is -0.264. The third-order valence-electron chi connectivity index (χ3n) is 2.60. The summed E-state index contributed by atoms with van der Waals surface area (Å²) in [6, 6.07) is 0. The second-order valence-electron chi connectivity index (χ2n) is 3.57. The number of carboxylic acid groups (broad SMARTS) is 1. The molecule has 0 atom stereocenters. The Balaban J connectivity index is 3.01. The topological polar surface area (TPSA) is 70.2 Å². The Hall–Kier alpha value is -1.84. The number of aromatic nitrogens is 1. The predicted molar refractivity (Wildman–Crippen MR) is 56.2 cm³/mol. The lowest BCUT2D eigenvalue weighted by molar-refractivity contribution is 0.0694. The number of hydrogen-bond acceptors (Lipinski definition) is 2. The molecule has 0 aromatic carbocycles. The second-order valence-corrected chi connectivity index (χ2v) is 3.57. The van der Waals surface area contributed by atoms with Gasteiger partial charge in [-0.2, -0.15) is 0 Å². The van der Waals surface area contributed by atoms with Crippen LogP contribution in [0, 0.1) is 6.92 Å². The molecule has 0 saturated carbocycles. The molecule has 0 unspecified atom stereocenters. The minimum Gasteiger partial charge on any atom is -0.478 e. The van der Waals surface area contributed by atoms with E-state index in [0.29, 0.717) is 10.6 Å². The van der Waals surface area contributed by atoms with Crippen molar-refractivity contribution in [1.82, 2.24) is 4.98 Å². The molecule has 2 N–H and O–H groups in total. The Morgan fingerprint density at radius 1 is 1.40 bits per heavy atom. The van der Waals surface area contributed by atoms with Gasteiger partial charge in [0, 0.05) is 16.1 Å². The lowest BCUT2D eigenvalue weighted by atomic mass is 10.0. The minimum absolute atomic E-state index is 0.129. The van der Waals surface area contributed by atoms with E-state index < -0.39 is 5.97 Å². The van der Waals surface area contributed by atoms with Gasteiger partial charge in [-0.3, -0.25) is 4.79 Å². The molecule has 78 valence electrons. The van der Waals surface area contributed by atoms with Gasteiger partial charge in [-0.1, -0.05) is 12.2 Å². The summed E-state index contributed by atoms with van der Waals surface area (Å²) in [5, 5.41) is 10.3. The maximum absolute atomic E-state index is 11.5. The summed E-state index contributed by atoms with van der Waals surface area (Å²) in [7, 11) is 0. The largest absolute Gasteiger partial charge is 0.478 e. The number of carbonyl (C=O) groups is 1. The van der Waals surface area contributed by atoms with E-state index >= 15 is 0 Å². The van der Waals surface area contributed by atoms with Crippen molar-refractivity contribution in [3.05, 3.63) is 32.0 Å². The van der Waals surface area contributed by atoms with Crippen molar-refractivity contribution in [3.8, 4) is 0 Å². The van der Waals surface area contributed by atoms with E-state index in [9.17, 15) is 9.59 Å². The smallest absolute Gasteiger partial charge is 0.336 e. The molecule has 0 aliphatic heterocycles. The Bertz CT molecular complexity index is 595. The summed E-state index contributed by atoms with van der Waals surface area (Å²) in [4.78, 5) is 25.2. The van der Waals surface area contributed by atoms with E-state index in [2.05, 4.69) is 4.98 Å². The standard InChI is InChI=1S/C11H11NO3/c1-6-9(11(14)15)7-4-2-3-5-8(7)12-10(6)13/h4-5H,2-3H2,1H3,(H,12,13)(H,14,15). The number of aromatic carboxylic acids is 1. The number of rotatable bonds is 1. The third kappa shape index (κ3) is 1.48. The summed E-state index contributed by atoms with van der Waals surface area (Å²) in [5.41, 5.74) is 0.0789. The highest BCUT2D eigenvalue weighted by molar-refractivity contribution is 5.89. The number of hydrogen-bond donors (Lipinski definition) is 2. The Morgan fingerprint density at radius 2 is 2.07 bits per heavy atom. The molecule has 15 heavy (non-hydrogen) atoms. The zero-order valence-corrected chi connectivity index (χ0v) is 8.33. The fourth-order valence-electron chi connectivity index (χ4n) is 1.84. The van der Waals surface area contributed by atoms with Crippen LogP contribution in [0.25, 0.3) is 12.2 Å². The molecule has 4 nitrogen and oxygen atoms in total. The highest BCUT2D eigenvalue weighted by atomic mass is 16.4. The first-order chi connectivity index (χ1) is 7.11. The SMILES string of the molecule is Cc1c(C(=O)O)c2c([nH]c1=O)=CCCC=2. The second kappa shape index (κ2) is 3.38. The van der Waals surface area contributed by atoms with Gasteiger partial charge in [0.05, 0.1) is 5.56 Å². The summed E-state index contributed by atoms with van der Waals surface area (Å²) < 4.78 is 0. The van der Waals surface area contributed by atoms with Crippen LogP contribution in [-0.4, -0.2) is 16.1 Å². The Kier molecular flexibility index (Phi) is 2.19. The molecule has 1 heterocycles. The van der Waals surface area contributed by atoms with E-state index in [1.54, 1.807) is 0 Å². The van der Waals surface area contributed by atoms with Gasteiger partial charge in [0.1, 0.15) is 0 Å². The highest BCUT2D eigenvalue weighted by Gasteiger charge is 2.13. The molecule has 1 aromatic rings. The van der Waals surface area contributed by atoms with E-state index in [1.807, 2.05) is 12.2 Å². The van der Waals surface area contributed by atoms with Crippen LogP contribution in [0.5, 0.6) is 0 Å². The number of fused-ring (bicyclic) bond motifs is 1. The van der Waals surface area contributed by atoms with Crippen molar-refractivity contribution >= 4 is 18.1 Å². The number of pyridine rings is 1. The summed E-state index contributed by atoms with van der Waals surface area (Å²) in [6.07, 6.45) is 5.38. The molecule has 1 aliphatic carbocycles. The van der Waals surface area contributed by atoms with Crippen molar-refractivity contribution < 1.29 is 9.90 Å². The van der Waals surface area contributed by atoms with Gasteiger partial charge < -0.3 is 10.1 Å². The van der Waals surface area contributed by atoms with Gasteiger partial charge in [0.2, 0.25) is 0 Å². The molecule has 0 bridgehead atoms. The van der Waals surface area contributed by atoms with E-state index in [-0.39, 0.29) is 16.7 Å². The van der Waals surface area contributed by atoms with E-state index in [0.717, 1.165) is 12.8 Å². The molecular formula is C11H11NO3. The quantitative estimate of drug-likeness (QED) is 0.663. The van der Waals surface area contributed by atoms with Crippen LogP contribution in [0.4, 0.5) is 0 Å². The molecule has 0 amide bonds. The maximum atomic E-state index is 11.5. The van der Waals surface area contributed by atoms with Crippen LogP contribution in [0.1, 0.15) is 28.8 Å². The Morgan fingerprint density at radius 3 is 2.73 bits per heavy atom. The van der Waals surface area contributed by atoms with Crippen molar-refractivity contribution in [2.45, 2.75) is 19.8 Å². The van der Waals surface area contributed by atoms with E-state index in [4.69, 9.17) is 5.11 Å². The van der Waals surface area contributed by atoms with Crippen LogP contribution < -0.4 is 16.1 Å². The molecule has 0 fully saturated rings. The zero-order valence-electron chi connectivity index (χ0n) is 8.33. The first-order valence-electron chi connectivity index (χ1n) is 4.78. The molecule has 2 rings (SSSR count). The highest BCUT2D eigenvalue weighted by Crippen LogP contribution is 1.99. The van der Waals surface area contributed by atoms with Crippen molar-refractivity contribution in [3.63, 3.8) is 0 Å².